The molecule has 3 heterocycles. The van der Waals surface area contributed by atoms with E-state index in [2.05, 4.69) is 12.1 Å². The Morgan fingerprint density at radius 2 is 1.39 bits per heavy atom. The quantitative estimate of drug-likeness (QED) is 0.614. The molecule has 0 saturated carbocycles. The predicted octanol–water partition coefficient (Wildman–Crippen LogP) is 2.41. The number of carbonyl (C=O) groups is 3. The monoisotopic (exact) mass is 372 g/mol. The van der Waals surface area contributed by atoms with E-state index in [0.29, 0.717) is 5.69 Å². The van der Waals surface area contributed by atoms with Crippen LogP contribution >= 0.6 is 0 Å². The largest absolute Gasteiger partial charge is 0.338 e. The lowest BCUT2D eigenvalue weighted by Crippen LogP contribution is -2.57. The Hall–Kier alpha value is -3.21. The third-order valence-corrected chi connectivity index (χ3v) is 6.19. The molecule has 5 heteroatoms. The van der Waals surface area contributed by atoms with Crippen molar-refractivity contribution in [2.75, 3.05) is 11.9 Å². The number of carbonyl (C=O) groups excluding carboxylic acids is 3. The number of hydrogen-bond donors (Lipinski definition) is 0. The first-order valence-corrected chi connectivity index (χ1v) is 9.52. The summed E-state index contributed by atoms with van der Waals surface area (Å²) in [7, 11) is 1.71. The van der Waals surface area contributed by atoms with E-state index >= 15 is 0 Å². The highest BCUT2D eigenvalue weighted by Gasteiger charge is 2.61. The second kappa shape index (κ2) is 6.16. The van der Waals surface area contributed by atoms with E-state index in [1.165, 1.54) is 10.5 Å². The van der Waals surface area contributed by atoms with Crippen LogP contribution in [-0.4, -0.2) is 35.7 Å². The average molecular weight is 372 g/mol. The van der Waals surface area contributed by atoms with E-state index in [1.807, 2.05) is 48.5 Å². The first-order chi connectivity index (χ1) is 13.6. The number of benzene rings is 2. The lowest BCUT2D eigenvalue weighted by Gasteiger charge is -2.44. The molecule has 140 valence electrons. The molecule has 2 aromatic carbocycles. The second-order valence-corrected chi connectivity index (χ2v) is 7.74. The van der Waals surface area contributed by atoms with Crippen molar-refractivity contribution in [1.82, 2.24) is 4.90 Å². The van der Waals surface area contributed by atoms with Crippen molar-refractivity contribution in [3.8, 4) is 0 Å². The molecule has 0 aromatic heterocycles. The average Bonchev–Trinajstić information content (AvgIpc) is 2.99. The number of piperidine rings is 1. The first kappa shape index (κ1) is 16.9. The summed E-state index contributed by atoms with van der Waals surface area (Å²) in [5, 5.41) is 0. The van der Waals surface area contributed by atoms with Gasteiger partial charge in [0.05, 0.1) is 29.5 Å². The van der Waals surface area contributed by atoms with Gasteiger partial charge in [0.25, 0.3) is 0 Å². The number of imide groups is 1. The van der Waals surface area contributed by atoms with Gasteiger partial charge in [0.15, 0.2) is 0 Å². The fourth-order valence-corrected chi connectivity index (χ4v) is 4.76. The highest BCUT2D eigenvalue weighted by Crippen LogP contribution is 2.46. The molecule has 2 bridgehead atoms. The molecule has 2 aromatic rings. The van der Waals surface area contributed by atoms with Gasteiger partial charge < -0.3 is 4.90 Å². The second-order valence-electron chi connectivity index (χ2n) is 7.74. The first-order valence-electron chi connectivity index (χ1n) is 9.52. The summed E-state index contributed by atoms with van der Waals surface area (Å²) in [6.07, 6.45) is 4.48. The van der Waals surface area contributed by atoms with Crippen LogP contribution in [0.2, 0.25) is 0 Å². The molecule has 2 fully saturated rings. The molecule has 28 heavy (non-hydrogen) atoms. The van der Waals surface area contributed by atoms with Gasteiger partial charge in [0.2, 0.25) is 17.7 Å². The fraction of sp³-hybridized carbons (Fsp3) is 0.261. The Morgan fingerprint density at radius 3 is 2.11 bits per heavy atom. The van der Waals surface area contributed by atoms with Gasteiger partial charge in [-0.1, -0.05) is 54.6 Å². The Labute approximate surface area is 163 Å². The maximum Gasteiger partial charge on any atom is 0.240 e. The van der Waals surface area contributed by atoms with Gasteiger partial charge in [-0.3, -0.25) is 14.4 Å². The Bertz CT molecular complexity index is 996. The number of likely N-dealkylation sites (N-methyl/N-ethyl adjacent to an activating group) is 1. The summed E-state index contributed by atoms with van der Waals surface area (Å²) < 4.78 is 0. The summed E-state index contributed by atoms with van der Waals surface area (Å²) in [4.78, 5) is 41.5. The number of anilines is 1. The Kier molecular flexibility index (Phi) is 3.72. The molecule has 5 nitrogen and oxygen atoms in total. The van der Waals surface area contributed by atoms with Crippen molar-refractivity contribution in [1.29, 1.82) is 0 Å². The maximum absolute atomic E-state index is 13.1. The minimum atomic E-state index is -0.574. The van der Waals surface area contributed by atoms with Gasteiger partial charge in [0.1, 0.15) is 0 Å². The number of fused-ring (bicyclic) bond motifs is 1. The molecule has 0 spiro atoms. The topological polar surface area (TPSA) is 57.7 Å². The zero-order valence-electron chi connectivity index (χ0n) is 15.5. The van der Waals surface area contributed by atoms with Gasteiger partial charge in [-0.2, -0.15) is 0 Å². The van der Waals surface area contributed by atoms with Crippen LogP contribution in [0.3, 0.4) is 0 Å². The van der Waals surface area contributed by atoms with Crippen molar-refractivity contribution in [2.45, 2.75) is 12.5 Å². The minimum Gasteiger partial charge on any atom is -0.338 e. The van der Waals surface area contributed by atoms with Crippen LogP contribution in [0.1, 0.15) is 11.1 Å². The van der Waals surface area contributed by atoms with Crippen LogP contribution in [0.5, 0.6) is 0 Å². The smallest absolute Gasteiger partial charge is 0.240 e. The molecule has 1 aliphatic carbocycles. The lowest BCUT2D eigenvalue weighted by molar-refractivity contribution is -0.148. The molecule has 0 radical (unpaired) electrons. The van der Waals surface area contributed by atoms with E-state index < -0.39 is 17.8 Å². The SMILES string of the molecule is CN1C(=O)C2C=CC1C1C(=O)N(c3ccc(Cc4ccccc4)cc3)C(=O)C21. The molecular formula is C23H20N2O3. The van der Waals surface area contributed by atoms with Gasteiger partial charge >= 0.3 is 0 Å². The van der Waals surface area contributed by atoms with Crippen LogP contribution in [0.4, 0.5) is 5.69 Å². The third kappa shape index (κ3) is 2.35. The summed E-state index contributed by atoms with van der Waals surface area (Å²) in [6, 6.07) is 17.4. The zero-order chi connectivity index (χ0) is 19.4. The Morgan fingerprint density at radius 1 is 0.750 bits per heavy atom. The van der Waals surface area contributed by atoms with E-state index in [1.54, 1.807) is 18.0 Å². The van der Waals surface area contributed by atoms with E-state index in [4.69, 9.17) is 0 Å². The van der Waals surface area contributed by atoms with E-state index in [9.17, 15) is 14.4 Å². The van der Waals surface area contributed by atoms with Crippen molar-refractivity contribution in [3.63, 3.8) is 0 Å². The maximum atomic E-state index is 13.1. The van der Waals surface area contributed by atoms with Crippen molar-refractivity contribution >= 4 is 23.4 Å². The van der Waals surface area contributed by atoms with Crippen molar-refractivity contribution < 1.29 is 14.4 Å². The predicted molar refractivity (Wildman–Crippen MR) is 104 cm³/mol. The number of rotatable bonds is 3. The number of amides is 3. The van der Waals surface area contributed by atoms with Crippen molar-refractivity contribution in [3.05, 3.63) is 77.9 Å². The molecular weight excluding hydrogens is 352 g/mol. The normalized spacial score (nSPS) is 28.2. The van der Waals surface area contributed by atoms with Gasteiger partial charge in [-0.25, -0.2) is 4.90 Å². The summed E-state index contributed by atoms with van der Waals surface area (Å²) in [5.74, 6) is -2.12. The van der Waals surface area contributed by atoms with Crippen LogP contribution in [0, 0.1) is 17.8 Å². The molecule has 4 atom stereocenters. The molecule has 3 amide bonds. The summed E-state index contributed by atoms with van der Waals surface area (Å²) in [6.45, 7) is 0. The van der Waals surface area contributed by atoms with Crippen LogP contribution < -0.4 is 4.90 Å². The van der Waals surface area contributed by atoms with Gasteiger partial charge in [-0.05, 0) is 29.7 Å². The van der Waals surface area contributed by atoms with Crippen molar-refractivity contribution in [2.24, 2.45) is 17.8 Å². The molecule has 2 saturated heterocycles. The van der Waals surface area contributed by atoms with Crippen LogP contribution in [0.15, 0.2) is 66.7 Å². The summed E-state index contributed by atoms with van der Waals surface area (Å²) >= 11 is 0. The number of nitrogens with zero attached hydrogens (tertiary/aromatic N) is 2. The van der Waals surface area contributed by atoms with E-state index in [-0.39, 0.29) is 23.8 Å². The highest BCUT2D eigenvalue weighted by molar-refractivity contribution is 6.24. The molecule has 0 N–H and O–H groups in total. The molecule has 6 rings (SSSR count). The number of hydrogen-bond acceptors (Lipinski definition) is 3. The standard InChI is InChI=1S/C23H20N2O3/c1-24-18-12-11-17(21(24)26)19-20(18)23(28)25(22(19)27)16-9-7-15(8-10-16)13-14-5-3-2-4-6-14/h2-12,17-20H,13H2,1H3. The van der Waals surface area contributed by atoms with Gasteiger partial charge in [0, 0.05) is 7.05 Å². The minimum absolute atomic E-state index is 0.0741. The summed E-state index contributed by atoms with van der Waals surface area (Å²) in [5.41, 5.74) is 2.90. The fourth-order valence-electron chi connectivity index (χ4n) is 4.76. The molecule has 3 aliphatic heterocycles. The highest BCUT2D eigenvalue weighted by atomic mass is 16.2. The zero-order valence-corrected chi connectivity index (χ0v) is 15.5. The molecule has 4 aliphatic rings. The van der Waals surface area contributed by atoms with Gasteiger partial charge in [-0.15, -0.1) is 0 Å². The third-order valence-electron chi connectivity index (χ3n) is 6.19. The van der Waals surface area contributed by atoms with Crippen LogP contribution in [-0.2, 0) is 20.8 Å². The Balaban J connectivity index is 1.42. The van der Waals surface area contributed by atoms with Crippen LogP contribution in [0.25, 0.3) is 0 Å². The van der Waals surface area contributed by atoms with E-state index in [0.717, 1.165) is 12.0 Å². The molecule has 4 unspecified atom stereocenters. The lowest BCUT2D eigenvalue weighted by atomic mass is 9.70.